The van der Waals surface area contributed by atoms with E-state index in [1.807, 2.05) is 19.9 Å². The summed E-state index contributed by atoms with van der Waals surface area (Å²) in [7, 11) is 0. The van der Waals surface area contributed by atoms with E-state index in [-0.39, 0.29) is 18.0 Å². The van der Waals surface area contributed by atoms with E-state index >= 15 is 0 Å². The van der Waals surface area contributed by atoms with Crippen LogP contribution < -0.4 is 15.1 Å². The molecule has 1 N–H and O–H groups in total. The average molecular weight is 474 g/mol. The molecular formula is C23H22F3N5OS. The molecule has 0 radical (unpaired) electrons. The van der Waals surface area contributed by atoms with Crippen LogP contribution in [0.4, 0.5) is 34.6 Å². The van der Waals surface area contributed by atoms with Crippen molar-refractivity contribution in [1.82, 2.24) is 9.97 Å². The number of hydrogen-bond acceptors (Lipinski definition) is 5. The van der Waals surface area contributed by atoms with Crippen molar-refractivity contribution < 1.29 is 18.0 Å². The van der Waals surface area contributed by atoms with Gasteiger partial charge in [-0.3, -0.25) is 10.2 Å². The van der Waals surface area contributed by atoms with Crippen LogP contribution in [0.25, 0.3) is 11.3 Å². The van der Waals surface area contributed by atoms with Crippen LogP contribution in [0, 0.1) is 19.8 Å². The maximum Gasteiger partial charge on any atom is 0.416 e. The molecule has 1 saturated heterocycles. The summed E-state index contributed by atoms with van der Waals surface area (Å²) in [5.74, 6) is 0.662. The number of amides is 2. The van der Waals surface area contributed by atoms with E-state index in [0.29, 0.717) is 28.8 Å². The molecule has 2 atom stereocenters. The summed E-state index contributed by atoms with van der Waals surface area (Å²) in [5, 5.41) is 3.41. The number of carbonyl (C=O) groups excluding carboxylic acids is 1. The minimum Gasteiger partial charge on any atom is -0.366 e. The first kappa shape index (κ1) is 21.7. The number of carbonyl (C=O) groups is 1. The number of aryl methyl sites for hydroxylation is 2. The van der Waals surface area contributed by atoms with Gasteiger partial charge in [-0.25, -0.2) is 14.8 Å². The molecule has 2 aliphatic rings. The van der Waals surface area contributed by atoms with Crippen LogP contribution in [0.1, 0.15) is 23.1 Å². The zero-order valence-corrected chi connectivity index (χ0v) is 19.1. The summed E-state index contributed by atoms with van der Waals surface area (Å²) >= 11 is 1.40. The normalized spacial score (nSPS) is 19.6. The quantitative estimate of drug-likeness (QED) is 0.517. The number of fused-ring (bicyclic) bond motifs is 4. The average Bonchev–Trinajstić information content (AvgIpc) is 3.26. The van der Waals surface area contributed by atoms with E-state index in [4.69, 9.17) is 0 Å². The molecule has 0 aliphatic carbocycles. The topological polar surface area (TPSA) is 61.4 Å². The van der Waals surface area contributed by atoms with Crippen LogP contribution >= 0.6 is 11.3 Å². The molecule has 0 unspecified atom stereocenters. The minimum absolute atomic E-state index is 0.0936. The smallest absolute Gasteiger partial charge is 0.366 e. The van der Waals surface area contributed by atoms with Gasteiger partial charge in [0, 0.05) is 23.5 Å². The van der Waals surface area contributed by atoms with Crippen molar-refractivity contribution in [3.63, 3.8) is 0 Å². The van der Waals surface area contributed by atoms with Crippen molar-refractivity contribution in [3.8, 4) is 11.3 Å². The lowest BCUT2D eigenvalue weighted by atomic mass is 10.0. The summed E-state index contributed by atoms with van der Waals surface area (Å²) in [6.45, 7) is 7.38. The predicted octanol–water partition coefficient (Wildman–Crippen LogP) is 5.72. The second-order valence-corrected chi connectivity index (χ2v) is 9.73. The lowest BCUT2D eigenvalue weighted by Crippen LogP contribution is -2.49. The van der Waals surface area contributed by atoms with E-state index in [1.165, 1.54) is 17.4 Å². The fraction of sp³-hybridized carbons (Fsp3) is 0.348. The standard InChI is InChI=1S/C23H22F3N5OS/c1-12-10-30-11-19(12)31(22(32)29-21-27-13(2)14(3)33-21)20-18(30)8-7-17(28-20)15-5-4-6-16(9-15)23(24,25)26/h4-9,12,19H,10-11H2,1-3H3,(H,27,29,32)/t12-,19-/m1/s1. The highest BCUT2D eigenvalue weighted by Crippen LogP contribution is 2.42. The Morgan fingerprint density at radius 1 is 1.15 bits per heavy atom. The van der Waals surface area contributed by atoms with Gasteiger partial charge >= 0.3 is 12.2 Å². The Balaban J connectivity index is 1.55. The maximum absolute atomic E-state index is 13.4. The first-order valence-electron chi connectivity index (χ1n) is 10.6. The Hall–Kier alpha value is -3.14. The van der Waals surface area contributed by atoms with Crippen molar-refractivity contribution >= 4 is 34.0 Å². The SMILES string of the molecule is Cc1nc(NC(=O)N2c3nc(-c4cccc(C(F)(F)F)c4)ccc3N3C[C@@H](C)[C@H]2C3)sc1C. The highest BCUT2D eigenvalue weighted by molar-refractivity contribution is 7.15. The van der Waals surface area contributed by atoms with Crippen molar-refractivity contribution in [3.05, 3.63) is 52.5 Å². The molecule has 6 nitrogen and oxygen atoms in total. The predicted molar refractivity (Wildman–Crippen MR) is 123 cm³/mol. The van der Waals surface area contributed by atoms with Crippen molar-refractivity contribution in [2.75, 3.05) is 28.2 Å². The number of halogens is 3. The summed E-state index contributed by atoms with van der Waals surface area (Å²) in [6.07, 6.45) is -4.44. The number of nitrogens with one attached hydrogen (secondary N) is 1. The van der Waals surface area contributed by atoms with E-state index in [9.17, 15) is 18.0 Å². The van der Waals surface area contributed by atoms with E-state index in [2.05, 4.69) is 27.1 Å². The first-order valence-corrected chi connectivity index (χ1v) is 11.4. The minimum atomic E-state index is -4.44. The first-order chi connectivity index (χ1) is 15.6. The molecule has 4 heterocycles. The van der Waals surface area contributed by atoms with E-state index in [0.717, 1.165) is 34.9 Å². The Labute approximate surface area is 193 Å². The summed E-state index contributed by atoms with van der Waals surface area (Å²) in [6, 6.07) is 8.20. The Kier molecular flexibility index (Phi) is 5.08. The summed E-state index contributed by atoms with van der Waals surface area (Å²) in [5.41, 5.74) is 1.66. The number of urea groups is 1. The highest BCUT2D eigenvalue weighted by Gasteiger charge is 2.44. The van der Waals surface area contributed by atoms with E-state index < -0.39 is 11.7 Å². The zero-order valence-electron chi connectivity index (χ0n) is 18.3. The Morgan fingerprint density at radius 2 is 1.94 bits per heavy atom. The number of hydrogen-bond donors (Lipinski definition) is 1. The number of benzene rings is 1. The lowest BCUT2D eigenvalue weighted by molar-refractivity contribution is -0.137. The number of aromatic nitrogens is 2. The van der Waals surface area contributed by atoms with Gasteiger partial charge in [-0.15, -0.1) is 11.3 Å². The van der Waals surface area contributed by atoms with Gasteiger partial charge in [0.15, 0.2) is 10.9 Å². The molecule has 1 fully saturated rings. The molecule has 0 spiro atoms. The molecule has 2 amide bonds. The summed E-state index contributed by atoms with van der Waals surface area (Å²) < 4.78 is 39.7. The Bertz CT molecular complexity index is 1220. The second-order valence-electron chi connectivity index (χ2n) is 8.53. The number of rotatable bonds is 2. The second kappa shape index (κ2) is 7.72. The van der Waals surface area contributed by atoms with Crippen LogP contribution in [-0.4, -0.2) is 35.1 Å². The van der Waals surface area contributed by atoms with Gasteiger partial charge in [0.25, 0.3) is 0 Å². The third-order valence-corrected chi connectivity index (χ3v) is 7.26. The zero-order chi connectivity index (χ0) is 23.5. The fourth-order valence-corrected chi connectivity index (χ4v) is 5.25. The third-order valence-electron chi connectivity index (χ3n) is 6.27. The Morgan fingerprint density at radius 3 is 2.64 bits per heavy atom. The number of pyridine rings is 1. The van der Waals surface area contributed by atoms with Crippen LogP contribution in [0.3, 0.4) is 0 Å². The van der Waals surface area contributed by atoms with Crippen LogP contribution in [0.5, 0.6) is 0 Å². The molecule has 10 heteroatoms. The number of nitrogens with zero attached hydrogens (tertiary/aromatic N) is 4. The maximum atomic E-state index is 13.4. The van der Waals surface area contributed by atoms with Crippen molar-refractivity contribution in [2.45, 2.75) is 33.0 Å². The largest absolute Gasteiger partial charge is 0.416 e. The molecule has 2 aliphatic heterocycles. The van der Waals surface area contributed by atoms with Crippen molar-refractivity contribution in [1.29, 1.82) is 0 Å². The summed E-state index contributed by atoms with van der Waals surface area (Å²) in [4.78, 5) is 27.3. The van der Waals surface area contributed by atoms with Gasteiger partial charge in [-0.05, 0) is 44.0 Å². The third kappa shape index (κ3) is 3.82. The van der Waals surface area contributed by atoms with Gasteiger partial charge in [0.2, 0.25) is 0 Å². The van der Waals surface area contributed by atoms with Crippen LogP contribution in [-0.2, 0) is 6.18 Å². The van der Waals surface area contributed by atoms with Gasteiger partial charge < -0.3 is 4.90 Å². The van der Waals surface area contributed by atoms with Crippen LogP contribution in [0.2, 0.25) is 0 Å². The molecular weight excluding hydrogens is 451 g/mol. The molecule has 2 bridgehead atoms. The molecule has 0 saturated carbocycles. The lowest BCUT2D eigenvalue weighted by Gasteiger charge is -2.36. The van der Waals surface area contributed by atoms with Gasteiger partial charge in [0.1, 0.15) is 0 Å². The van der Waals surface area contributed by atoms with Gasteiger partial charge in [0.05, 0.1) is 28.7 Å². The monoisotopic (exact) mass is 473 g/mol. The van der Waals surface area contributed by atoms with Crippen molar-refractivity contribution in [2.24, 2.45) is 5.92 Å². The van der Waals surface area contributed by atoms with Gasteiger partial charge in [-0.2, -0.15) is 13.2 Å². The van der Waals surface area contributed by atoms with E-state index in [1.54, 1.807) is 17.0 Å². The molecule has 1 aromatic carbocycles. The fourth-order valence-electron chi connectivity index (χ4n) is 4.44. The molecule has 172 valence electrons. The molecule has 33 heavy (non-hydrogen) atoms. The highest BCUT2D eigenvalue weighted by atomic mass is 32.1. The van der Waals surface area contributed by atoms with Gasteiger partial charge in [-0.1, -0.05) is 19.1 Å². The number of alkyl halides is 3. The number of anilines is 3. The molecule has 2 aromatic heterocycles. The number of thiazole rings is 1. The molecule has 3 aromatic rings. The van der Waals surface area contributed by atoms with Crippen LogP contribution in [0.15, 0.2) is 36.4 Å². The molecule has 5 rings (SSSR count).